The van der Waals surface area contributed by atoms with Crippen LogP contribution in [-0.2, 0) is 4.33 Å². The van der Waals surface area contributed by atoms with Gasteiger partial charge in [0, 0.05) is 5.92 Å². The van der Waals surface area contributed by atoms with Crippen LogP contribution in [0.15, 0.2) is 12.7 Å². The van der Waals surface area contributed by atoms with Crippen molar-refractivity contribution in [2.75, 3.05) is 0 Å². The van der Waals surface area contributed by atoms with Crippen LogP contribution in [0.1, 0.15) is 31.4 Å². The molecule has 0 radical (unpaired) electrons. The van der Waals surface area contributed by atoms with Gasteiger partial charge in [0.2, 0.25) is 8.13 Å². The van der Waals surface area contributed by atoms with E-state index in [0.717, 1.165) is 9.36 Å². The number of rotatable bonds is 2. The second-order valence-electron chi connectivity index (χ2n) is 4.55. The number of nitrogens with zero attached hydrogens (tertiary/aromatic N) is 6. The maximum absolute atomic E-state index is 12.4. The second-order valence-corrected chi connectivity index (χ2v) is 8.16. The predicted molar refractivity (Wildman–Crippen MR) is 84.0 cm³/mol. The van der Waals surface area contributed by atoms with Crippen molar-refractivity contribution >= 4 is 64.0 Å². The van der Waals surface area contributed by atoms with Gasteiger partial charge in [0.25, 0.3) is 0 Å². The van der Waals surface area contributed by atoms with Crippen LogP contribution in [0.25, 0.3) is 0 Å². The van der Waals surface area contributed by atoms with Crippen LogP contribution in [0.3, 0.4) is 0 Å². The van der Waals surface area contributed by atoms with Crippen molar-refractivity contribution in [2.24, 2.45) is 0 Å². The summed E-state index contributed by atoms with van der Waals surface area (Å²) in [6.07, 6.45) is 2.36. The highest BCUT2D eigenvalue weighted by Crippen LogP contribution is 2.52. The molecule has 0 aromatic carbocycles. The number of carbonyl (C=O) groups is 1. The summed E-state index contributed by atoms with van der Waals surface area (Å²) >= 11 is 29.6. The molecule has 0 aliphatic heterocycles. The molecule has 0 saturated carbocycles. The number of hydrogen-bond donors (Lipinski definition) is 0. The molecule has 2 heterocycles. The number of hydrogen-bond acceptors (Lipinski definition) is 5. The lowest BCUT2D eigenvalue weighted by atomic mass is 10.2. The molecule has 120 valence electrons. The van der Waals surface area contributed by atoms with E-state index in [4.69, 9.17) is 58.0 Å². The van der Waals surface area contributed by atoms with Crippen LogP contribution in [0, 0.1) is 0 Å². The van der Waals surface area contributed by atoms with Crippen LogP contribution in [0.4, 0.5) is 4.79 Å². The average molecular weight is 406 g/mol. The van der Waals surface area contributed by atoms with E-state index in [2.05, 4.69) is 20.2 Å². The van der Waals surface area contributed by atoms with Crippen molar-refractivity contribution in [1.82, 2.24) is 29.5 Å². The molecular formula is C10H9Cl5N6O. The minimum Gasteiger partial charge on any atom is -0.243 e. The number of aromatic nitrogens is 6. The van der Waals surface area contributed by atoms with Gasteiger partial charge in [-0.25, -0.2) is 14.8 Å². The van der Waals surface area contributed by atoms with E-state index in [0.29, 0.717) is 5.82 Å². The van der Waals surface area contributed by atoms with Crippen LogP contribution in [0.2, 0.25) is 0 Å². The Hall–Kier alpha value is -0.600. The number of carbonyl (C=O) groups excluding carboxylic acids is 1. The molecule has 0 bridgehead atoms. The highest BCUT2D eigenvalue weighted by molar-refractivity contribution is 6.75. The lowest BCUT2D eigenvalue weighted by molar-refractivity contribution is 0.237. The first kappa shape index (κ1) is 17.7. The molecule has 0 aliphatic carbocycles. The van der Waals surface area contributed by atoms with E-state index in [1.165, 1.54) is 12.7 Å². The van der Waals surface area contributed by atoms with Crippen LogP contribution in [0.5, 0.6) is 0 Å². The quantitative estimate of drug-likeness (QED) is 0.713. The maximum Gasteiger partial charge on any atom is 0.372 e. The van der Waals surface area contributed by atoms with E-state index in [1.54, 1.807) is 0 Å². The van der Waals surface area contributed by atoms with Gasteiger partial charge in [-0.05, 0) is 0 Å². The van der Waals surface area contributed by atoms with E-state index in [-0.39, 0.29) is 11.7 Å². The van der Waals surface area contributed by atoms with E-state index >= 15 is 0 Å². The van der Waals surface area contributed by atoms with Gasteiger partial charge >= 0.3 is 6.03 Å². The van der Waals surface area contributed by atoms with E-state index in [9.17, 15) is 4.79 Å². The summed E-state index contributed by atoms with van der Waals surface area (Å²) in [6.45, 7) is 3.64. The molecule has 12 heteroatoms. The van der Waals surface area contributed by atoms with Crippen LogP contribution < -0.4 is 0 Å². The molecule has 22 heavy (non-hydrogen) atoms. The second kappa shape index (κ2) is 6.13. The van der Waals surface area contributed by atoms with Gasteiger partial charge in [0.1, 0.15) is 12.7 Å². The summed E-state index contributed by atoms with van der Waals surface area (Å²) in [5, 5.41) is 7.78. The molecular weight excluding hydrogens is 397 g/mol. The Labute approximate surface area is 150 Å². The summed E-state index contributed by atoms with van der Waals surface area (Å²) in [4.78, 5) is 20.2. The third-order valence-corrected chi connectivity index (χ3v) is 4.91. The molecule has 0 fully saturated rings. The molecule has 2 rings (SSSR count). The van der Waals surface area contributed by atoms with Crippen molar-refractivity contribution < 1.29 is 4.79 Å². The van der Waals surface area contributed by atoms with Gasteiger partial charge < -0.3 is 0 Å². The SMILES string of the molecule is CC(C)c1nc(C(Cl)(Cl)C(Cl)(Cl)Cl)n(C(=O)n2cncn2)n1. The number of halogens is 5. The zero-order valence-electron chi connectivity index (χ0n) is 11.2. The van der Waals surface area contributed by atoms with Crippen molar-refractivity contribution in [3.8, 4) is 0 Å². The first-order valence-corrected chi connectivity index (χ1v) is 7.76. The largest absolute Gasteiger partial charge is 0.372 e. The summed E-state index contributed by atoms with van der Waals surface area (Å²) in [5.41, 5.74) is 0. The zero-order valence-corrected chi connectivity index (χ0v) is 15.0. The Balaban J connectivity index is 2.61. The Bertz CT molecular complexity index is 675. The molecule has 2 aromatic rings. The van der Waals surface area contributed by atoms with Gasteiger partial charge in [-0.15, -0.1) is 5.10 Å². The molecule has 0 atom stereocenters. The van der Waals surface area contributed by atoms with Crippen molar-refractivity contribution in [2.45, 2.75) is 27.9 Å². The fourth-order valence-electron chi connectivity index (χ4n) is 1.44. The van der Waals surface area contributed by atoms with Gasteiger partial charge in [-0.3, -0.25) is 0 Å². The van der Waals surface area contributed by atoms with E-state index in [1.807, 2.05) is 13.8 Å². The third-order valence-electron chi connectivity index (χ3n) is 2.57. The normalized spacial score (nSPS) is 12.9. The van der Waals surface area contributed by atoms with Crippen LogP contribution >= 0.6 is 58.0 Å². The lowest BCUT2D eigenvalue weighted by Crippen LogP contribution is -2.35. The number of alkyl halides is 5. The topological polar surface area (TPSA) is 78.5 Å². The van der Waals surface area contributed by atoms with Gasteiger partial charge in [-0.1, -0.05) is 71.9 Å². The fraction of sp³-hybridized carbons (Fsp3) is 0.500. The van der Waals surface area contributed by atoms with Crippen molar-refractivity contribution in [3.63, 3.8) is 0 Å². The Morgan fingerprint density at radius 3 is 2.32 bits per heavy atom. The summed E-state index contributed by atoms with van der Waals surface area (Å²) in [5.74, 6) is -0.0218. The molecule has 0 spiro atoms. The Morgan fingerprint density at radius 2 is 1.86 bits per heavy atom. The zero-order chi connectivity index (χ0) is 16.7. The Kier molecular flexibility index (Phi) is 4.94. The van der Waals surface area contributed by atoms with Crippen molar-refractivity contribution in [3.05, 3.63) is 24.3 Å². The Morgan fingerprint density at radius 1 is 1.23 bits per heavy atom. The summed E-state index contributed by atoms with van der Waals surface area (Å²) in [6, 6.07) is -0.716. The van der Waals surface area contributed by atoms with Gasteiger partial charge in [-0.2, -0.15) is 14.5 Å². The highest BCUT2D eigenvalue weighted by Gasteiger charge is 2.52. The first-order chi connectivity index (χ1) is 10.1. The minimum absolute atomic E-state index is 0.108. The fourth-order valence-corrected chi connectivity index (χ4v) is 1.94. The summed E-state index contributed by atoms with van der Waals surface area (Å²) in [7, 11) is 0. The summed E-state index contributed by atoms with van der Waals surface area (Å²) < 4.78 is -2.48. The smallest absolute Gasteiger partial charge is 0.243 e. The first-order valence-electron chi connectivity index (χ1n) is 5.87. The molecule has 0 unspecified atom stereocenters. The standard InChI is InChI=1S/C10H9Cl5N6O/c1-5(2)6-18-7(9(11,12)10(13,14)15)21(19-6)8(22)20-4-16-3-17-20/h3-5H,1-2H3. The molecule has 0 saturated heterocycles. The molecule has 7 nitrogen and oxygen atoms in total. The molecule has 0 aliphatic rings. The lowest BCUT2D eigenvalue weighted by Gasteiger charge is -2.25. The molecule has 0 N–H and O–H groups in total. The highest BCUT2D eigenvalue weighted by atomic mass is 35.6. The van der Waals surface area contributed by atoms with Gasteiger partial charge in [0.05, 0.1) is 0 Å². The average Bonchev–Trinajstić information content (AvgIpc) is 3.06. The molecule has 2 aromatic heterocycles. The van der Waals surface area contributed by atoms with Gasteiger partial charge in [0.15, 0.2) is 11.6 Å². The van der Waals surface area contributed by atoms with E-state index < -0.39 is 14.2 Å². The molecule has 0 amide bonds. The third kappa shape index (κ3) is 3.19. The van der Waals surface area contributed by atoms with Crippen LogP contribution in [-0.4, -0.2) is 39.4 Å². The minimum atomic E-state index is -2.14. The monoisotopic (exact) mass is 404 g/mol. The predicted octanol–water partition coefficient (Wildman–Crippen LogP) is 3.51. The van der Waals surface area contributed by atoms with Crippen molar-refractivity contribution in [1.29, 1.82) is 0 Å². The maximum atomic E-state index is 12.4.